The zero-order chi connectivity index (χ0) is 26.5. The second-order valence-electron chi connectivity index (χ2n) is 10.2. The zero-order valence-corrected chi connectivity index (χ0v) is 23.3. The van der Waals surface area contributed by atoms with Crippen molar-refractivity contribution in [3.05, 3.63) is 75.4 Å². The number of aryl methyl sites for hydroxylation is 1. The van der Waals surface area contributed by atoms with E-state index in [0.717, 1.165) is 50.4 Å². The van der Waals surface area contributed by atoms with Gasteiger partial charge in [0.1, 0.15) is 6.10 Å². The smallest absolute Gasteiger partial charge is 0.251 e. The van der Waals surface area contributed by atoms with E-state index in [1.165, 1.54) is 31.5 Å². The Labute approximate surface area is 234 Å². The molecular formula is C29H35Cl2N5O2. The van der Waals surface area contributed by atoms with Crippen LogP contribution in [0.25, 0.3) is 5.69 Å². The number of hydrogen-bond donors (Lipinski definition) is 1. The van der Waals surface area contributed by atoms with Gasteiger partial charge in [-0.1, -0.05) is 35.3 Å². The summed E-state index contributed by atoms with van der Waals surface area (Å²) in [6.07, 6.45) is 4.55. The van der Waals surface area contributed by atoms with E-state index in [1.807, 2.05) is 55.5 Å². The van der Waals surface area contributed by atoms with E-state index in [9.17, 15) is 4.79 Å². The summed E-state index contributed by atoms with van der Waals surface area (Å²) in [5.74, 6) is 0.635. The third-order valence-electron chi connectivity index (χ3n) is 7.20. The molecule has 1 N–H and O–H groups in total. The standard InChI is InChI=1S/C29H35Cl2N5O2/c1-21-16-28(38-25-19-35(20-25)15-10-22-8-9-26(30)27(31)17-22)36(33-21)24-7-4-6-23(18-24)29(37)32-11-5-14-34-12-2-3-13-34/h4,6-9,16-18,25H,2-3,5,10-15,19-20H2,1H3,(H,32,37). The molecule has 0 saturated carbocycles. The monoisotopic (exact) mass is 555 g/mol. The second kappa shape index (κ2) is 12.5. The molecule has 0 bridgehead atoms. The topological polar surface area (TPSA) is 62.6 Å². The Morgan fingerprint density at radius 3 is 2.63 bits per heavy atom. The van der Waals surface area contributed by atoms with Crippen molar-refractivity contribution in [3.8, 4) is 11.6 Å². The number of nitrogens with one attached hydrogen (secondary N) is 1. The Hall–Kier alpha value is -2.58. The normalized spacial score (nSPS) is 16.5. The Morgan fingerprint density at radius 2 is 1.84 bits per heavy atom. The van der Waals surface area contributed by atoms with Gasteiger partial charge in [-0.05, 0) is 88.1 Å². The highest BCUT2D eigenvalue weighted by Crippen LogP contribution is 2.25. The van der Waals surface area contributed by atoms with Crippen LogP contribution in [0.4, 0.5) is 0 Å². The Kier molecular flexibility index (Phi) is 8.89. The van der Waals surface area contributed by atoms with Crippen LogP contribution >= 0.6 is 23.2 Å². The number of hydrogen-bond acceptors (Lipinski definition) is 5. The number of carbonyl (C=O) groups excluding carboxylic acids is 1. The number of benzene rings is 2. The van der Waals surface area contributed by atoms with Crippen molar-refractivity contribution in [1.29, 1.82) is 0 Å². The summed E-state index contributed by atoms with van der Waals surface area (Å²) in [6.45, 7) is 8.68. The highest BCUT2D eigenvalue weighted by molar-refractivity contribution is 6.42. The molecule has 0 spiro atoms. The molecule has 7 nitrogen and oxygen atoms in total. The van der Waals surface area contributed by atoms with Crippen LogP contribution in [0, 0.1) is 6.92 Å². The van der Waals surface area contributed by atoms with Crippen LogP contribution in [0.2, 0.25) is 10.0 Å². The lowest BCUT2D eigenvalue weighted by atomic mass is 10.1. The fourth-order valence-corrected chi connectivity index (χ4v) is 5.39. The van der Waals surface area contributed by atoms with Gasteiger partial charge in [-0.2, -0.15) is 5.10 Å². The number of ether oxygens (including phenoxy) is 1. The first-order valence-corrected chi connectivity index (χ1v) is 14.2. The maximum atomic E-state index is 12.8. The SMILES string of the molecule is Cc1cc(OC2CN(CCc3ccc(Cl)c(Cl)c3)C2)n(-c2cccc(C(=O)NCCCN3CCCC3)c2)n1. The first kappa shape index (κ1) is 27.0. The molecule has 5 rings (SSSR count). The fourth-order valence-electron chi connectivity index (χ4n) is 5.07. The lowest BCUT2D eigenvalue weighted by molar-refractivity contribution is 0.0165. The predicted octanol–water partition coefficient (Wildman–Crippen LogP) is 5.01. The molecule has 1 amide bonds. The number of halogens is 2. The Balaban J connectivity index is 1.12. The molecule has 2 aliphatic rings. The first-order valence-electron chi connectivity index (χ1n) is 13.5. The van der Waals surface area contributed by atoms with Crippen molar-refractivity contribution in [2.45, 2.75) is 38.7 Å². The summed E-state index contributed by atoms with van der Waals surface area (Å²) in [4.78, 5) is 17.6. The average molecular weight is 557 g/mol. The Bertz CT molecular complexity index is 1250. The number of aromatic nitrogens is 2. The molecule has 0 aliphatic carbocycles. The molecule has 0 unspecified atom stereocenters. The number of rotatable bonds is 11. The van der Waals surface area contributed by atoms with E-state index in [1.54, 1.807) is 4.68 Å². The maximum absolute atomic E-state index is 12.8. The van der Waals surface area contributed by atoms with Gasteiger partial charge in [0.05, 0.1) is 21.4 Å². The van der Waals surface area contributed by atoms with E-state index in [4.69, 9.17) is 27.9 Å². The predicted molar refractivity (Wildman–Crippen MR) is 152 cm³/mol. The molecule has 2 fully saturated rings. The minimum atomic E-state index is -0.0590. The molecule has 1 aromatic heterocycles. The Morgan fingerprint density at radius 1 is 1.03 bits per heavy atom. The minimum Gasteiger partial charge on any atom is -0.472 e. The summed E-state index contributed by atoms with van der Waals surface area (Å²) in [6, 6.07) is 15.3. The lowest BCUT2D eigenvalue weighted by Crippen LogP contribution is -2.54. The van der Waals surface area contributed by atoms with Crippen LogP contribution in [0.1, 0.15) is 40.9 Å². The molecule has 38 heavy (non-hydrogen) atoms. The quantitative estimate of drug-likeness (QED) is 0.337. The highest BCUT2D eigenvalue weighted by atomic mass is 35.5. The number of nitrogens with zero attached hydrogens (tertiary/aromatic N) is 4. The summed E-state index contributed by atoms with van der Waals surface area (Å²) >= 11 is 12.2. The molecule has 0 radical (unpaired) electrons. The van der Waals surface area contributed by atoms with Crippen LogP contribution in [-0.4, -0.2) is 77.4 Å². The summed E-state index contributed by atoms with van der Waals surface area (Å²) in [5.41, 5.74) is 3.48. The van der Waals surface area contributed by atoms with Gasteiger partial charge in [0.25, 0.3) is 5.91 Å². The van der Waals surface area contributed by atoms with Gasteiger partial charge in [-0.15, -0.1) is 0 Å². The molecule has 9 heteroatoms. The van der Waals surface area contributed by atoms with Crippen LogP contribution in [0.3, 0.4) is 0 Å². The van der Waals surface area contributed by atoms with Crippen LogP contribution in [-0.2, 0) is 6.42 Å². The summed E-state index contributed by atoms with van der Waals surface area (Å²) in [5, 5.41) is 8.88. The van der Waals surface area contributed by atoms with Crippen molar-refractivity contribution in [2.75, 3.05) is 45.8 Å². The van der Waals surface area contributed by atoms with E-state index >= 15 is 0 Å². The zero-order valence-electron chi connectivity index (χ0n) is 21.8. The van der Waals surface area contributed by atoms with E-state index in [0.29, 0.717) is 28.0 Å². The van der Waals surface area contributed by atoms with Crippen LogP contribution < -0.4 is 10.1 Å². The minimum absolute atomic E-state index is 0.0590. The van der Waals surface area contributed by atoms with Gasteiger partial charge in [-0.25, -0.2) is 4.68 Å². The molecule has 2 aromatic carbocycles. The third kappa shape index (κ3) is 6.89. The van der Waals surface area contributed by atoms with Gasteiger partial charge >= 0.3 is 0 Å². The third-order valence-corrected chi connectivity index (χ3v) is 7.94. The molecule has 3 aromatic rings. The maximum Gasteiger partial charge on any atom is 0.251 e. The first-order chi connectivity index (χ1) is 18.4. The van der Waals surface area contributed by atoms with Gasteiger partial charge in [0.2, 0.25) is 5.88 Å². The molecule has 0 atom stereocenters. The van der Waals surface area contributed by atoms with Crippen molar-refractivity contribution >= 4 is 29.1 Å². The average Bonchev–Trinajstić information content (AvgIpc) is 3.54. The number of likely N-dealkylation sites (tertiary alicyclic amines) is 2. The lowest BCUT2D eigenvalue weighted by Gasteiger charge is -2.38. The van der Waals surface area contributed by atoms with Crippen molar-refractivity contribution in [3.63, 3.8) is 0 Å². The van der Waals surface area contributed by atoms with Crippen molar-refractivity contribution < 1.29 is 9.53 Å². The van der Waals surface area contributed by atoms with Gasteiger partial charge in [0.15, 0.2) is 0 Å². The van der Waals surface area contributed by atoms with Crippen molar-refractivity contribution in [2.24, 2.45) is 0 Å². The van der Waals surface area contributed by atoms with Gasteiger partial charge < -0.3 is 15.0 Å². The molecular weight excluding hydrogens is 521 g/mol. The van der Waals surface area contributed by atoms with Crippen LogP contribution in [0.5, 0.6) is 5.88 Å². The van der Waals surface area contributed by atoms with E-state index < -0.39 is 0 Å². The highest BCUT2D eigenvalue weighted by Gasteiger charge is 2.29. The molecule has 2 aliphatic heterocycles. The number of carbonyl (C=O) groups is 1. The largest absolute Gasteiger partial charge is 0.472 e. The van der Waals surface area contributed by atoms with Gasteiger partial charge in [-0.3, -0.25) is 9.69 Å². The van der Waals surface area contributed by atoms with Crippen LogP contribution in [0.15, 0.2) is 48.5 Å². The summed E-state index contributed by atoms with van der Waals surface area (Å²) < 4.78 is 8.11. The van der Waals surface area contributed by atoms with Gasteiger partial charge in [0, 0.05) is 37.8 Å². The molecule has 2 saturated heterocycles. The van der Waals surface area contributed by atoms with E-state index in [-0.39, 0.29) is 12.0 Å². The molecule has 202 valence electrons. The summed E-state index contributed by atoms with van der Waals surface area (Å²) in [7, 11) is 0. The second-order valence-corrected chi connectivity index (χ2v) is 11.1. The van der Waals surface area contributed by atoms with E-state index in [2.05, 4.69) is 20.2 Å². The number of amides is 1. The van der Waals surface area contributed by atoms with Crippen molar-refractivity contribution in [1.82, 2.24) is 24.9 Å². The fraction of sp³-hybridized carbons (Fsp3) is 0.448. The molecule has 3 heterocycles.